The lowest BCUT2D eigenvalue weighted by atomic mass is 10.1. The summed E-state index contributed by atoms with van der Waals surface area (Å²) in [6.07, 6.45) is 0.967. The van der Waals surface area contributed by atoms with E-state index < -0.39 is 0 Å². The second-order valence-electron chi connectivity index (χ2n) is 3.10. The summed E-state index contributed by atoms with van der Waals surface area (Å²) < 4.78 is 10.4. The topological polar surface area (TPSA) is 18.5 Å². The van der Waals surface area contributed by atoms with Gasteiger partial charge in [0.05, 0.1) is 14.2 Å². The van der Waals surface area contributed by atoms with Gasteiger partial charge < -0.3 is 9.47 Å². The molecule has 0 aliphatic rings. The number of ether oxygens (including phenoxy) is 2. The van der Waals surface area contributed by atoms with Gasteiger partial charge in [0.1, 0.15) is 0 Å². The van der Waals surface area contributed by atoms with Gasteiger partial charge in [0, 0.05) is 15.9 Å². The van der Waals surface area contributed by atoms with Crippen LogP contribution in [0, 0.1) is 0 Å². The molecule has 0 N–H and O–H groups in total. The maximum Gasteiger partial charge on any atom is 0.162 e. The second-order valence-corrected chi connectivity index (χ2v) is 4.62. The van der Waals surface area contributed by atoms with Crippen molar-refractivity contribution in [3.63, 3.8) is 0 Å². The summed E-state index contributed by atoms with van der Waals surface area (Å²) in [4.78, 5) is 0.241. The van der Waals surface area contributed by atoms with Crippen molar-refractivity contribution in [2.24, 2.45) is 0 Å². The van der Waals surface area contributed by atoms with Gasteiger partial charge >= 0.3 is 0 Å². The molecule has 2 nitrogen and oxygen atoms in total. The summed E-state index contributed by atoms with van der Waals surface area (Å²) >= 11 is 9.71. The van der Waals surface area contributed by atoms with E-state index in [9.17, 15) is 0 Å². The van der Waals surface area contributed by atoms with Gasteiger partial charge in [-0.05, 0) is 18.1 Å². The molecule has 0 bridgehead atoms. The largest absolute Gasteiger partial charge is 0.493 e. The molecule has 1 aromatic rings. The number of rotatable bonds is 4. The van der Waals surface area contributed by atoms with Gasteiger partial charge in [-0.2, -0.15) is 0 Å². The predicted octanol–water partition coefficient (Wildman–Crippen LogP) is 4.20. The minimum absolute atomic E-state index is 0.241. The Labute approximate surface area is 104 Å². The Balaban J connectivity index is 3.19. The summed E-state index contributed by atoms with van der Waals surface area (Å²) in [6, 6.07) is 3.68. The molecule has 0 spiro atoms. The minimum Gasteiger partial charge on any atom is -0.493 e. The van der Waals surface area contributed by atoms with Gasteiger partial charge in [-0.3, -0.25) is 0 Å². The number of alkyl halides is 1. The van der Waals surface area contributed by atoms with Crippen LogP contribution in [0.5, 0.6) is 11.5 Å². The van der Waals surface area contributed by atoms with Gasteiger partial charge in [0.15, 0.2) is 11.5 Å². The highest BCUT2D eigenvalue weighted by molar-refractivity contribution is 9.09. The van der Waals surface area contributed by atoms with Crippen molar-refractivity contribution in [1.82, 2.24) is 0 Å². The predicted molar refractivity (Wildman–Crippen MR) is 66.5 cm³/mol. The first kappa shape index (κ1) is 12.7. The molecule has 0 radical (unpaired) electrons. The van der Waals surface area contributed by atoms with E-state index in [1.165, 1.54) is 0 Å². The van der Waals surface area contributed by atoms with Crippen LogP contribution in [0.4, 0.5) is 0 Å². The molecule has 1 rings (SSSR count). The molecular weight excluding hydrogens is 279 g/mol. The molecule has 15 heavy (non-hydrogen) atoms. The van der Waals surface area contributed by atoms with E-state index in [2.05, 4.69) is 22.9 Å². The Hall–Kier alpha value is -0.410. The van der Waals surface area contributed by atoms with Gasteiger partial charge in [-0.15, -0.1) is 0 Å². The van der Waals surface area contributed by atoms with Crippen LogP contribution in [-0.4, -0.2) is 14.2 Å². The Bertz CT molecular complexity index is 342. The molecule has 0 aromatic heterocycles. The van der Waals surface area contributed by atoms with E-state index in [4.69, 9.17) is 21.1 Å². The highest BCUT2D eigenvalue weighted by Crippen LogP contribution is 2.39. The number of hydrogen-bond donors (Lipinski definition) is 0. The third kappa shape index (κ3) is 2.79. The normalized spacial score (nSPS) is 12.3. The summed E-state index contributed by atoms with van der Waals surface area (Å²) in [7, 11) is 3.21. The standard InChI is InChI=1S/C11H14BrClO2/c1-4-8(12)7-5-10(14-2)11(15-3)6-9(7)13/h5-6,8H,4H2,1-3H3. The van der Waals surface area contributed by atoms with Crippen LogP contribution in [0.3, 0.4) is 0 Å². The van der Waals surface area contributed by atoms with Crippen molar-refractivity contribution in [2.75, 3.05) is 14.2 Å². The van der Waals surface area contributed by atoms with E-state index in [-0.39, 0.29) is 4.83 Å². The Kier molecular flexibility index (Phi) is 4.74. The van der Waals surface area contributed by atoms with Crippen LogP contribution in [0.1, 0.15) is 23.7 Å². The van der Waals surface area contributed by atoms with Crippen molar-refractivity contribution in [1.29, 1.82) is 0 Å². The fraction of sp³-hybridized carbons (Fsp3) is 0.455. The van der Waals surface area contributed by atoms with Gasteiger partial charge in [-0.25, -0.2) is 0 Å². The first-order valence-electron chi connectivity index (χ1n) is 4.69. The summed E-state index contributed by atoms with van der Waals surface area (Å²) in [6.45, 7) is 2.09. The smallest absolute Gasteiger partial charge is 0.162 e. The lowest BCUT2D eigenvalue weighted by molar-refractivity contribution is 0.354. The lowest BCUT2D eigenvalue weighted by Crippen LogP contribution is -1.95. The number of hydrogen-bond acceptors (Lipinski definition) is 2. The maximum atomic E-state index is 6.15. The molecule has 0 heterocycles. The minimum atomic E-state index is 0.241. The number of halogens is 2. The maximum absolute atomic E-state index is 6.15. The Morgan fingerprint density at radius 3 is 2.27 bits per heavy atom. The third-order valence-corrected chi connectivity index (χ3v) is 3.67. The fourth-order valence-corrected chi connectivity index (χ4v) is 2.13. The van der Waals surface area contributed by atoms with Crippen LogP contribution in [0.15, 0.2) is 12.1 Å². The molecule has 0 saturated heterocycles. The summed E-state index contributed by atoms with van der Waals surface area (Å²) in [5.41, 5.74) is 1.02. The lowest BCUT2D eigenvalue weighted by Gasteiger charge is -2.14. The Morgan fingerprint density at radius 2 is 1.80 bits per heavy atom. The molecule has 1 aromatic carbocycles. The zero-order chi connectivity index (χ0) is 11.4. The summed E-state index contributed by atoms with van der Waals surface area (Å²) in [5.74, 6) is 1.36. The van der Waals surface area contributed by atoms with Crippen LogP contribution in [-0.2, 0) is 0 Å². The van der Waals surface area contributed by atoms with E-state index in [1.807, 2.05) is 6.07 Å². The van der Waals surface area contributed by atoms with E-state index in [0.29, 0.717) is 16.5 Å². The van der Waals surface area contributed by atoms with Crippen LogP contribution < -0.4 is 9.47 Å². The van der Waals surface area contributed by atoms with Gasteiger partial charge in [0.2, 0.25) is 0 Å². The van der Waals surface area contributed by atoms with Crippen molar-refractivity contribution < 1.29 is 9.47 Å². The molecule has 84 valence electrons. The average Bonchev–Trinajstić information content (AvgIpc) is 2.27. The number of methoxy groups -OCH3 is 2. The average molecular weight is 294 g/mol. The van der Waals surface area contributed by atoms with Crippen LogP contribution >= 0.6 is 27.5 Å². The van der Waals surface area contributed by atoms with E-state index >= 15 is 0 Å². The molecule has 1 atom stereocenters. The Morgan fingerprint density at radius 1 is 1.27 bits per heavy atom. The molecule has 0 aliphatic carbocycles. The van der Waals surface area contributed by atoms with Crippen LogP contribution in [0.2, 0.25) is 5.02 Å². The summed E-state index contributed by atoms with van der Waals surface area (Å²) in [5, 5.41) is 0.691. The highest BCUT2D eigenvalue weighted by atomic mass is 79.9. The molecule has 4 heteroatoms. The zero-order valence-electron chi connectivity index (χ0n) is 9.01. The van der Waals surface area contributed by atoms with Crippen LogP contribution in [0.25, 0.3) is 0 Å². The molecule has 1 unspecified atom stereocenters. The van der Waals surface area contributed by atoms with Gasteiger partial charge in [-0.1, -0.05) is 34.5 Å². The SMILES string of the molecule is CCC(Br)c1cc(OC)c(OC)cc1Cl. The second kappa shape index (κ2) is 5.61. The van der Waals surface area contributed by atoms with Crippen molar-refractivity contribution in [3.05, 3.63) is 22.7 Å². The third-order valence-electron chi connectivity index (χ3n) is 2.20. The fourth-order valence-electron chi connectivity index (χ4n) is 1.33. The molecule has 0 aliphatic heterocycles. The van der Waals surface area contributed by atoms with Gasteiger partial charge in [0.25, 0.3) is 0 Å². The highest BCUT2D eigenvalue weighted by Gasteiger charge is 2.14. The molecule has 0 fully saturated rings. The first-order chi connectivity index (χ1) is 7.13. The van der Waals surface area contributed by atoms with Crippen molar-refractivity contribution in [2.45, 2.75) is 18.2 Å². The molecule has 0 saturated carbocycles. The van der Waals surface area contributed by atoms with Crippen molar-refractivity contribution >= 4 is 27.5 Å². The zero-order valence-corrected chi connectivity index (χ0v) is 11.4. The quantitative estimate of drug-likeness (QED) is 0.775. The first-order valence-corrected chi connectivity index (χ1v) is 5.98. The van der Waals surface area contributed by atoms with E-state index in [0.717, 1.165) is 12.0 Å². The molecule has 0 amide bonds. The monoisotopic (exact) mass is 292 g/mol. The number of benzene rings is 1. The van der Waals surface area contributed by atoms with Crippen molar-refractivity contribution in [3.8, 4) is 11.5 Å². The van der Waals surface area contributed by atoms with E-state index in [1.54, 1.807) is 20.3 Å². The molecular formula is C11H14BrClO2.